The number of hydrogen-bond donors (Lipinski definition) is 1. The predicted molar refractivity (Wildman–Crippen MR) is 54.7 cm³/mol. The number of β-amino-alcohol motifs (C(OH)–C–C–N with tert-alkyl or cyclic N) is 1. The van der Waals surface area contributed by atoms with Crippen LogP contribution in [0.4, 0.5) is 0 Å². The van der Waals surface area contributed by atoms with Gasteiger partial charge >= 0.3 is 0 Å². The molecule has 1 fully saturated rings. The lowest BCUT2D eigenvalue weighted by atomic mass is 10.0. The van der Waals surface area contributed by atoms with Crippen LogP contribution >= 0.6 is 0 Å². The van der Waals surface area contributed by atoms with Crippen molar-refractivity contribution in [3.05, 3.63) is 12.2 Å². The molecule has 3 heteroatoms. The Labute approximate surface area is 85.3 Å². The maximum atomic E-state index is 9.37. The van der Waals surface area contributed by atoms with E-state index in [0.717, 1.165) is 6.42 Å². The molecule has 2 atom stereocenters. The lowest BCUT2D eigenvalue weighted by Gasteiger charge is -2.24. The van der Waals surface area contributed by atoms with E-state index in [9.17, 15) is 5.11 Å². The highest BCUT2D eigenvalue weighted by Crippen LogP contribution is 2.19. The zero-order chi connectivity index (χ0) is 9.80. The molecule has 14 heavy (non-hydrogen) atoms. The Morgan fingerprint density at radius 2 is 2.21 bits per heavy atom. The molecule has 3 nitrogen and oxygen atoms in total. The van der Waals surface area contributed by atoms with Gasteiger partial charge in [0.15, 0.2) is 0 Å². The molecule has 0 saturated carbocycles. The lowest BCUT2D eigenvalue weighted by Crippen LogP contribution is -2.31. The van der Waals surface area contributed by atoms with Gasteiger partial charge in [0.25, 0.3) is 0 Å². The van der Waals surface area contributed by atoms with E-state index in [4.69, 9.17) is 4.84 Å². The van der Waals surface area contributed by atoms with Gasteiger partial charge in [-0.25, -0.2) is 0 Å². The fourth-order valence-corrected chi connectivity index (χ4v) is 2.11. The van der Waals surface area contributed by atoms with Crippen LogP contribution in [0.25, 0.3) is 0 Å². The minimum atomic E-state index is -0.297. The molecule has 0 bridgehead atoms. The van der Waals surface area contributed by atoms with Crippen molar-refractivity contribution >= 4 is 0 Å². The second-order valence-electron chi connectivity index (χ2n) is 4.18. The quantitative estimate of drug-likeness (QED) is 0.646. The number of aliphatic hydroxyl groups is 1. The maximum Gasteiger partial charge on any atom is 0.0958 e. The van der Waals surface area contributed by atoms with E-state index in [1.165, 1.54) is 25.7 Å². The van der Waals surface area contributed by atoms with Crippen LogP contribution in [0.5, 0.6) is 0 Å². The molecular formula is C11H19NO2. The minimum Gasteiger partial charge on any atom is -0.389 e. The molecule has 1 N–H and O–H groups in total. The Balaban J connectivity index is 1.90. The molecular weight excluding hydrogens is 178 g/mol. The van der Waals surface area contributed by atoms with E-state index < -0.39 is 0 Å². The van der Waals surface area contributed by atoms with Gasteiger partial charge in [0, 0.05) is 0 Å². The third kappa shape index (κ3) is 2.56. The Morgan fingerprint density at radius 3 is 3.00 bits per heavy atom. The van der Waals surface area contributed by atoms with E-state index in [1.54, 1.807) is 0 Å². The Kier molecular flexibility index (Phi) is 3.56. The van der Waals surface area contributed by atoms with Crippen LogP contribution in [-0.4, -0.2) is 35.5 Å². The molecule has 0 spiro atoms. The fourth-order valence-electron chi connectivity index (χ4n) is 2.11. The molecule has 1 aliphatic heterocycles. The molecule has 2 rings (SSSR count). The molecule has 0 amide bonds. The normalized spacial score (nSPS) is 37.8. The number of nitrogens with zero attached hydrogens (tertiary/aromatic N) is 1. The van der Waals surface area contributed by atoms with Crippen LogP contribution in [0.1, 0.15) is 32.1 Å². The highest BCUT2D eigenvalue weighted by Gasteiger charge is 2.26. The number of rotatable bonds is 1. The Morgan fingerprint density at radius 1 is 1.29 bits per heavy atom. The summed E-state index contributed by atoms with van der Waals surface area (Å²) in [6, 6.07) is 0.382. The number of hydroxylamine groups is 2. The molecule has 2 aliphatic rings. The highest BCUT2D eigenvalue weighted by atomic mass is 16.7. The number of aliphatic hydroxyl groups excluding tert-OH is 1. The number of allylic oxidation sites excluding steroid dienone is 1. The average Bonchev–Trinajstić information content (AvgIpc) is 2.51. The van der Waals surface area contributed by atoms with Gasteiger partial charge in [0.1, 0.15) is 0 Å². The van der Waals surface area contributed by atoms with Crippen molar-refractivity contribution in [2.45, 2.75) is 44.2 Å². The third-order valence-corrected chi connectivity index (χ3v) is 2.92. The van der Waals surface area contributed by atoms with Gasteiger partial charge in [-0.1, -0.05) is 25.0 Å². The first kappa shape index (κ1) is 10.1. The summed E-state index contributed by atoms with van der Waals surface area (Å²) in [4.78, 5) is 5.43. The Bertz CT molecular complexity index is 205. The molecule has 0 aromatic rings. The summed E-state index contributed by atoms with van der Waals surface area (Å²) in [5, 5.41) is 11.3. The summed E-state index contributed by atoms with van der Waals surface area (Å²) >= 11 is 0. The number of hydrogen-bond acceptors (Lipinski definition) is 3. The van der Waals surface area contributed by atoms with Crippen molar-refractivity contribution in [3.8, 4) is 0 Å². The Hall–Kier alpha value is -0.380. The van der Waals surface area contributed by atoms with Gasteiger partial charge in [-0.15, -0.1) is 0 Å². The zero-order valence-corrected chi connectivity index (χ0v) is 8.56. The monoisotopic (exact) mass is 197 g/mol. The maximum absolute atomic E-state index is 9.37. The van der Waals surface area contributed by atoms with E-state index in [0.29, 0.717) is 19.2 Å². The van der Waals surface area contributed by atoms with Crippen LogP contribution in [-0.2, 0) is 4.84 Å². The summed E-state index contributed by atoms with van der Waals surface area (Å²) < 4.78 is 0. The molecule has 0 radical (unpaired) electrons. The van der Waals surface area contributed by atoms with Crippen molar-refractivity contribution in [1.29, 1.82) is 0 Å². The first-order valence-electron chi connectivity index (χ1n) is 5.60. The van der Waals surface area contributed by atoms with Crippen molar-refractivity contribution in [2.24, 2.45) is 0 Å². The van der Waals surface area contributed by atoms with Crippen molar-refractivity contribution < 1.29 is 9.94 Å². The van der Waals surface area contributed by atoms with E-state index >= 15 is 0 Å². The molecule has 1 aliphatic carbocycles. The van der Waals surface area contributed by atoms with Crippen molar-refractivity contribution in [2.75, 3.05) is 13.2 Å². The third-order valence-electron chi connectivity index (χ3n) is 2.92. The molecule has 1 heterocycles. The largest absolute Gasteiger partial charge is 0.389 e. The summed E-state index contributed by atoms with van der Waals surface area (Å²) in [5.41, 5.74) is 0. The summed E-state index contributed by atoms with van der Waals surface area (Å²) in [6.45, 7) is 1.12. The fraction of sp³-hybridized carbons (Fsp3) is 0.818. The van der Waals surface area contributed by atoms with Crippen molar-refractivity contribution in [1.82, 2.24) is 5.06 Å². The van der Waals surface area contributed by atoms with Crippen LogP contribution in [0.15, 0.2) is 12.2 Å². The van der Waals surface area contributed by atoms with Crippen LogP contribution < -0.4 is 0 Å². The molecule has 80 valence electrons. The SMILES string of the molecule is O[C@H]1CON(C2/C=C\CCCCC2)C1. The van der Waals surface area contributed by atoms with Crippen LogP contribution in [0.2, 0.25) is 0 Å². The van der Waals surface area contributed by atoms with Crippen molar-refractivity contribution in [3.63, 3.8) is 0 Å². The second-order valence-corrected chi connectivity index (χ2v) is 4.18. The zero-order valence-electron chi connectivity index (χ0n) is 8.56. The first-order valence-corrected chi connectivity index (χ1v) is 5.60. The molecule has 0 aromatic carbocycles. The second kappa shape index (κ2) is 4.91. The predicted octanol–water partition coefficient (Wildman–Crippen LogP) is 1.48. The summed E-state index contributed by atoms with van der Waals surface area (Å²) in [7, 11) is 0. The van der Waals surface area contributed by atoms with Gasteiger partial charge in [-0.05, 0) is 19.3 Å². The van der Waals surface area contributed by atoms with Crippen LogP contribution in [0, 0.1) is 0 Å². The lowest BCUT2D eigenvalue weighted by molar-refractivity contribution is -0.131. The van der Waals surface area contributed by atoms with Crippen LogP contribution in [0.3, 0.4) is 0 Å². The van der Waals surface area contributed by atoms with Gasteiger partial charge in [-0.2, -0.15) is 5.06 Å². The summed E-state index contributed by atoms with van der Waals surface area (Å²) in [6.07, 6.45) is 10.4. The highest BCUT2D eigenvalue weighted by molar-refractivity contribution is 4.95. The van der Waals surface area contributed by atoms with E-state index in [1.807, 2.05) is 5.06 Å². The molecule has 0 aromatic heterocycles. The smallest absolute Gasteiger partial charge is 0.0958 e. The minimum absolute atomic E-state index is 0.297. The van der Waals surface area contributed by atoms with Gasteiger partial charge in [0.05, 0.1) is 25.3 Å². The average molecular weight is 197 g/mol. The molecule has 1 unspecified atom stereocenters. The van der Waals surface area contributed by atoms with E-state index in [-0.39, 0.29) is 6.10 Å². The van der Waals surface area contributed by atoms with Gasteiger partial charge in [0.2, 0.25) is 0 Å². The molecule has 1 saturated heterocycles. The standard InChI is InChI=1S/C11H19NO2/c13-11-8-12(14-9-11)10-6-4-2-1-3-5-7-10/h4,6,10-11,13H,1-3,5,7-9H2/b6-4-/t10?,11-/m1/s1. The van der Waals surface area contributed by atoms with E-state index in [2.05, 4.69) is 12.2 Å². The first-order chi connectivity index (χ1) is 6.86. The van der Waals surface area contributed by atoms with Gasteiger partial charge < -0.3 is 5.11 Å². The summed E-state index contributed by atoms with van der Waals surface area (Å²) in [5.74, 6) is 0. The van der Waals surface area contributed by atoms with Gasteiger partial charge in [-0.3, -0.25) is 4.84 Å². The topological polar surface area (TPSA) is 32.7 Å².